The average Bonchev–Trinajstić information content (AvgIpc) is 2.69. The van der Waals surface area contributed by atoms with Gasteiger partial charge in [0, 0.05) is 0 Å². The van der Waals surface area contributed by atoms with Gasteiger partial charge in [-0.2, -0.15) is 0 Å². The number of H-pyrrole nitrogens is 1. The summed E-state index contributed by atoms with van der Waals surface area (Å²) in [5.41, 5.74) is 7.52. The molecular formula is C13H19ClN4O. The number of carbonyl (C=O) groups is 1. The number of amides is 1. The van der Waals surface area contributed by atoms with Crippen LogP contribution in [0, 0.1) is 5.92 Å². The molecule has 1 aromatic heterocycles. The van der Waals surface area contributed by atoms with Gasteiger partial charge in [-0.05, 0) is 24.5 Å². The van der Waals surface area contributed by atoms with Gasteiger partial charge in [0.1, 0.15) is 0 Å². The molecule has 1 amide bonds. The average molecular weight is 283 g/mol. The first-order chi connectivity index (χ1) is 8.56. The molecule has 2 rings (SSSR count). The second-order valence-corrected chi connectivity index (χ2v) is 4.83. The van der Waals surface area contributed by atoms with Gasteiger partial charge in [-0.3, -0.25) is 10.1 Å². The van der Waals surface area contributed by atoms with Crippen LogP contribution in [0.15, 0.2) is 24.3 Å². The lowest BCUT2D eigenvalue weighted by atomic mass is 10.0. The van der Waals surface area contributed by atoms with Crippen molar-refractivity contribution >= 4 is 35.3 Å². The molecule has 0 aliphatic heterocycles. The van der Waals surface area contributed by atoms with Gasteiger partial charge in [-0.1, -0.05) is 26.0 Å². The molecule has 0 unspecified atom stereocenters. The Labute approximate surface area is 118 Å². The zero-order valence-corrected chi connectivity index (χ0v) is 11.8. The smallest absolute Gasteiger partial charge is 0.243 e. The summed E-state index contributed by atoms with van der Waals surface area (Å²) in [6.45, 7) is 4.07. The summed E-state index contributed by atoms with van der Waals surface area (Å²) in [6, 6.07) is 7.11. The molecular weight excluding hydrogens is 264 g/mol. The van der Waals surface area contributed by atoms with Crippen molar-refractivity contribution in [3.63, 3.8) is 0 Å². The Kier molecular flexibility index (Phi) is 5.32. The highest BCUT2D eigenvalue weighted by Gasteiger charge is 2.16. The predicted molar refractivity (Wildman–Crippen MR) is 79.4 cm³/mol. The summed E-state index contributed by atoms with van der Waals surface area (Å²) in [6.07, 6.45) is 0.659. The van der Waals surface area contributed by atoms with E-state index >= 15 is 0 Å². The van der Waals surface area contributed by atoms with Crippen molar-refractivity contribution in [1.82, 2.24) is 9.97 Å². The summed E-state index contributed by atoms with van der Waals surface area (Å²) in [5, 5.41) is 2.71. The molecule has 1 aromatic carbocycles. The van der Waals surface area contributed by atoms with E-state index in [1.54, 1.807) is 0 Å². The summed E-state index contributed by atoms with van der Waals surface area (Å²) in [4.78, 5) is 19.1. The normalized spacial score (nSPS) is 12.2. The van der Waals surface area contributed by atoms with Crippen molar-refractivity contribution in [2.24, 2.45) is 11.7 Å². The highest BCUT2D eigenvalue weighted by Crippen LogP contribution is 2.13. The lowest BCUT2D eigenvalue weighted by molar-refractivity contribution is -0.117. The molecule has 4 N–H and O–H groups in total. The van der Waals surface area contributed by atoms with Crippen LogP contribution in [0.3, 0.4) is 0 Å². The summed E-state index contributed by atoms with van der Waals surface area (Å²) in [7, 11) is 0. The molecule has 0 aliphatic rings. The molecule has 5 nitrogen and oxygen atoms in total. The number of halogens is 1. The number of aromatic amines is 1. The Bertz CT molecular complexity index is 519. The fraction of sp³-hybridized carbons (Fsp3) is 0.385. The first-order valence-corrected chi connectivity index (χ1v) is 6.07. The largest absolute Gasteiger partial charge is 0.324 e. The van der Waals surface area contributed by atoms with Gasteiger partial charge >= 0.3 is 0 Å². The molecule has 0 fully saturated rings. The van der Waals surface area contributed by atoms with Gasteiger partial charge in [-0.25, -0.2) is 4.98 Å². The van der Waals surface area contributed by atoms with E-state index in [0.717, 1.165) is 11.0 Å². The topological polar surface area (TPSA) is 83.8 Å². The van der Waals surface area contributed by atoms with E-state index in [1.807, 2.05) is 38.1 Å². The van der Waals surface area contributed by atoms with Crippen LogP contribution in [-0.2, 0) is 4.79 Å². The van der Waals surface area contributed by atoms with Gasteiger partial charge in [0.2, 0.25) is 11.9 Å². The lowest BCUT2D eigenvalue weighted by Crippen LogP contribution is -2.36. The molecule has 104 valence electrons. The van der Waals surface area contributed by atoms with Crippen LogP contribution in [0.25, 0.3) is 11.0 Å². The minimum absolute atomic E-state index is 0. The predicted octanol–water partition coefficient (Wildman–Crippen LogP) is 2.30. The lowest BCUT2D eigenvalue weighted by Gasteiger charge is -2.12. The minimum atomic E-state index is -0.502. The van der Waals surface area contributed by atoms with Crippen molar-refractivity contribution in [2.75, 3.05) is 5.32 Å². The Morgan fingerprint density at radius 1 is 1.42 bits per heavy atom. The molecule has 2 aromatic rings. The number of nitrogens with one attached hydrogen (secondary N) is 2. The van der Waals surface area contributed by atoms with Crippen molar-refractivity contribution in [2.45, 2.75) is 26.3 Å². The SMILES string of the molecule is CC(C)C[C@H](N)C(=O)Nc1nc2ccccc2[nH]1.Cl. The summed E-state index contributed by atoms with van der Waals surface area (Å²) in [5.74, 6) is 0.629. The maximum absolute atomic E-state index is 11.8. The Hall–Kier alpha value is -1.59. The van der Waals surface area contributed by atoms with Crippen LogP contribution in [0.2, 0.25) is 0 Å². The van der Waals surface area contributed by atoms with Crippen molar-refractivity contribution in [3.05, 3.63) is 24.3 Å². The van der Waals surface area contributed by atoms with Crippen LogP contribution < -0.4 is 11.1 Å². The number of hydrogen-bond acceptors (Lipinski definition) is 3. The summed E-state index contributed by atoms with van der Waals surface area (Å²) < 4.78 is 0. The molecule has 0 aliphatic carbocycles. The first kappa shape index (κ1) is 15.5. The zero-order valence-electron chi connectivity index (χ0n) is 11.0. The second-order valence-electron chi connectivity index (χ2n) is 4.83. The number of benzene rings is 1. The molecule has 0 saturated heterocycles. The maximum Gasteiger partial charge on any atom is 0.243 e. The molecule has 1 heterocycles. The van der Waals surface area contributed by atoms with Crippen LogP contribution in [0.1, 0.15) is 20.3 Å². The van der Waals surface area contributed by atoms with Gasteiger partial charge in [0.25, 0.3) is 0 Å². The number of fused-ring (bicyclic) bond motifs is 1. The summed E-state index contributed by atoms with van der Waals surface area (Å²) >= 11 is 0. The standard InChI is InChI=1S/C13H18N4O.ClH/c1-8(2)7-9(14)12(18)17-13-15-10-5-3-4-6-11(10)16-13;/h3-6,8-9H,7,14H2,1-2H3,(H2,15,16,17,18);1H/t9-;/m0./s1. The van der Waals surface area contributed by atoms with E-state index in [4.69, 9.17) is 5.73 Å². The number of nitrogens with two attached hydrogens (primary N) is 1. The number of aromatic nitrogens is 2. The van der Waals surface area contributed by atoms with Crippen LogP contribution in [0.4, 0.5) is 5.95 Å². The third-order valence-electron chi connectivity index (χ3n) is 2.69. The quantitative estimate of drug-likeness (QED) is 0.804. The molecule has 1 atom stereocenters. The van der Waals surface area contributed by atoms with Gasteiger partial charge in [0.15, 0.2) is 0 Å². The number of nitrogens with zero attached hydrogens (tertiary/aromatic N) is 1. The molecule has 0 spiro atoms. The van der Waals surface area contributed by atoms with Gasteiger partial charge in [-0.15, -0.1) is 12.4 Å². The Balaban J connectivity index is 0.00000180. The number of imidazole rings is 1. The molecule has 19 heavy (non-hydrogen) atoms. The van der Waals surface area contributed by atoms with Crippen molar-refractivity contribution < 1.29 is 4.79 Å². The number of carbonyl (C=O) groups excluding carboxylic acids is 1. The molecule has 0 saturated carbocycles. The highest BCUT2D eigenvalue weighted by atomic mass is 35.5. The van der Waals surface area contributed by atoms with Crippen LogP contribution in [0.5, 0.6) is 0 Å². The first-order valence-electron chi connectivity index (χ1n) is 6.07. The van der Waals surface area contributed by atoms with E-state index in [-0.39, 0.29) is 18.3 Å². The minimum Gasteiger partial charge on any atom is -0.324 e. The fourth-order valence-electron chi connectivity index (χ4n) is 1.84. The monoisotopic (exact) mass is 282 g/mol. The van der Waals surface area contributed by atoms with Gasteiger partial charge < -0.3 is 10.7 Å². The molecule has 0 bridgehead atoms. The van der Waals surface area contributed by atoms with E-state index in [9.17, 15) is 4.79 Å². The number of para-hydroxylation sites is 2. The highest BCUT2D eigenvalue weighted by molar-refractivity contribution is 5.94. The van der Waals surface area contributed by atoms with E-state index in [0.29, 0.717) is 18.3 Å². The van der Waals surface area contributed by atoms with E-state index in [1.165, 1.54) is 0 Å². The van der Waals surface area contributed by atoms with E-state index < -0.39 is 6.04 Å². The zero-order chi connectivity index (χ0) is 13.1. The third-order valence-corrected chi connectivity index (χ3v) is 2.69. The molecule has 6 heteroatoms. The second kappa shape index (κ2) is 6.54. The van der Waals surface area contributed by atoms with Crippen LogP contribution in [-0.4, -0.2) is 21.9 Å². The van der Waals surface area contributed by atoms with Crippen molar-refractivity contribution in [1.29, 1.82) is 0 Å². The van der Waals surface area contributed by atoms with E-state index in [2.05, 4.69) is 15.3 Å². The Morgan fingerprint density at radius 2 is 2.11 bits per heavy atom. The maximum atomic E-state index is 11.8. The Morgan fingerprint density at radius 3 is 2.74 bits per heavy atom. The number of rotatable bonds is 4. The fourth-order valence-corrected chi connectivity index (χ4v) is 1.84. The molecule has 0 radical (unpaired) electrons. The van der Waals surface area contributed by atoms with Crippen LogP contribution >= 0.6 is 12.4 Å². The third kappa shape index (κ3) is 3.94. The van der Waals surface area contributed by atoms with Crippen molar-refractivity contribution in [3.8, 4) is 0 Å². The number of hydrogen-bond donors (Lipinski definition) is 3. The van der Waals surface area contributed by atoms with Gasteiger partial charge in [0.05, 0.1) is 17.1 Å². The number of anilines is 1.